The zero-order valence-corrected chi connectivity index (χ0v) is 10.3. The minimum atomic E-state index is -4.18. The van der Waals surface area contributed by atoms with Crippen LogP contribution in [0.5, 0.6) is 0 Å². The molecule has 3 nitrogen and oxygen atoms in total. The van der Waals surface area contributed by atoms with Gasteiger partial charge in [-0.1, -0.05) is 0 Å². The number of likely N-dealkylation sites (tertiary alicyclic amines) is 1. The van der Waals surface area contributed by atoms with E-state index in [0.717, 1.165) is 19.4 Å². The Balaban J connectivity index is 1.93. The van der Waals surface area contributed by atoms with Crippen molar-refractivity contribution in [1.82, 2.24) is 10.2 Å². The van der Waals surface area contributed by atoms with E-state index in [1.54, 1.807) is 0 Å². The monoisotopic (exact) mass is 264 g/mol. The molecule has 2 rings (SSSR count). The van der Waals surface area contributed by atoms with Crippen molar-refractivity contribution >= 4 is 5.91 Å². The summed E-state index contributed by atoms with van der Waals surface area (Å²) in [7, 11) is 0. The maximum atomic E-state index is 12.7. The lowest BCUT2D eigenvalue weighted by Crippen LogP contribution is -2.49. The lowest BCUT2D eigenvalue weighted by molar-refractivity contribution is -0.188. The Morgan fingerprint density at radius 2 is 2.00 bits per heavy atom. The fourth-order valence-corrected chi connectivity index (χ4v) is 2.77. The van der Waals surface area contributed by atoms with Crippen molar-refractivity contribution in [1.29, 1.82) is 0 Å². The molecule has 2 saturated heterocycles. The summed E-state index contributed by atoms with van der Waals surface area (Å²) in [4.78, 5) is 13.6. The van der Waals surface area contributed by atoms with Crippen LogP contribution in [0.3, 0.4) is 0 Å². The lowest BCUT2D eigenvalue weighted by Gasteiger charge is -2.36. The normalized spacial score (nSPS) is 30.3. The molecular formula is C12H19F3N2O. The predicted molar refractivity (Wildman–Crippen MR) is 61.0 cm³/mol. The molecule has 2 heterocycles. The summed E-state index contributed by atoms with van der Waals surface area (Å²) in [5, 5.41) is 3.13. The van der Waals surface area contributed by atoms with Gasteiger partial charge >= 0.3 is 6.18 Å². The molecule has 104 valence electrons. The second-order valence-electron chi connectivity index (χ2n) is 5.21. The quantitative estimate of drug-likeness (QED) is 0.783. The molecule has 6 heteroatoms. The third-order valence-corrected chi connectivity index (χ3v) is 3.84. The van der Waals surface area contributed by atoms with Gasteiger partial charge in [-0.15, -0.1) is 0 Å². The third kappa shape index (κ3) is 3.16. The molecule has 0 aromatic heterocycles. The molecule has 1 N–H and O–H groups in total. The molecule has 0 saturated carbocycles. The largest absolute Gasteiger partial charge is 0.393 e. The van der Waals surface area contributed by atoms with Crippen molar-refractivity contribution in [2.24, 2.45) is 11.8 Å². The number of amides is 1. The second-order valence-corrected chi connectivity index (χ2v) is 5.21. The standard InChI is InChI=1S/C12H19F3N2O/c13-12(14,15)10-4-2-6-17(8-10)11(18)9-3-1-5-16-7-9/h9-10,16H,1-8H2/t9-,10?/m0/s1. The van der Waals surface area contributed by atoms with E-state index >= 15 is 0 Å². The number of carbonyl (C=O) groups is 1. The number of halogens is 3. The van der Waals surface area contributed by atoms with Gasteiger partial charge in [-0.2, -0.15) is 13.2 Å². The van der Waals surface area contributed by atoms with Crippen LogP contribution in [0.4, 0.5) is 13.2 Å². The van der Waals surface area contributed by atoms with Gasteiger partial charge in [0.1, 0.15) is 0 Å². The number of nitrogens with one attached hydrogen (secondary N) is 1. The summed E-state index contributed by atoms with van der Waals surface area (Å²) >= 11 is 0. The second kappa shape index (κ2) is 5.47. The Hall–Kier alpha value is -0.780. The Morgan fingerprint density at radius 3 is 2.61 bits per heavy atom. The molecule has 2 aliphatic rings. The zero-order chi connectivity index (χ0) is 13.2. The van der Waals surface area contributed by atoms with Crippen LogP contribution >= 0.6 is 0 Å². The van der Waals surface area contributed by atoms with Crippen molar-refractivity contribution in [2.75, 3.05) is 26.2 Å². The van der Waals surface area contributed by atoms with Crippen molar-refractivity contribution < 1.29 is 18.0 Å². The number of piperidine rings is 2. The van der Waals surface area contributed by atoms with Crippen molar-refractivity contribution in [2.45, 2.75) is 31.9 Å². The maximum Gasteiger partial charge on any atom is 0.393 e. The summed E-state index contributed by atoms with van der Waals surface area (Å²) in [6.07, 6.45) is -1.86. The number of hydrogen-bond acceptors (Lipinski definition) is 2. The molecule has 0 bridgehead atoms. The minimum Gasteiger partial charge on any atom is -0.342 e. The first-order valence-electron chi connectivity index (χ1n) is 6.54. The molecule has 1 amide bonds. The molecule has 0 aromatic rings. The SMILES string of the molecule is O=C([C@H]1CCCNC1)N1CCCC(C(F)(F)F)C1. The van der Waals surface area contributed by atoms with Crippen LogP contribution in [0.25, 0.3) is 0 Å². The fourth-order valence-electron chi connectivity index (χ4n) is 2.77. The van der Waals surface area contributed by atoms with E-state index in [0.29, 0.717) is 19.5 Å². The third-order valence-electron chi connectivity index (χ3n) is 3.84. The summed E-state index contributed by atoms with van der Waals surface area (Å²) in [5.41, 5.74) is 0. The first-order chi connectivity index (χ1) is 8.48. The van der Waals surface area contributed by atoms with Crippen LogP contribution in [-0.4, -0.2) is 43.2 Å². The first-order valence-corrected chi connectivity index (χ1v) is 6.54. The molecule has 18 heavy (non-hydrogen) atoms. The van der Waals surface area contributed by atoms with E-state index in [2.05, 4.69) is 5.32 Å². The number of nitrogens with zero attached hydrogens (tertiary/aromatic N) is 1. The van der Waals surface area contributed by atoms with Gasteiger partial charge in [0, 0.05) is 19.6 Å². The minimum absolute atomic E-state index is 0.101. The highest BCUT2D eigenvalue weighted by Gasteiger charge is 2.43. The molecule has 0 aromatic carbocycles. The van der Waals surface area contributed by atoms with E-state index < -0.39 is 12.1 Å². The average molecular weight is 264 g/mol. The molecule has 0 spiro atoms. The lowest BCUT2D eigenvalue weighted by atomic mass is 9.93. The number of alkyl halides is 3. The van der Waals surface area contributed by atoms with Crippen LogP contribution in [0.15, 0.2) is 0 Å². The molecule has 2 fully saturated rings. The first kappa shape index (κ1) is 13.6. The van der Waals surface area contributed by atoms with E-state index in [1.807, 2.05) is 0 Å². The zero-order valence-electron chi connectivity index (χ0n) is 10.3. The van der Waals surface area contributed by atoms with Gasteiger partial charge in [-0.25, -0.2) is 0 Å². The van der Waals surface area contributed by atoms with Crippen LogP contribution < -0.4 is 5.32 Å². The topological polar surface area (TPSA) is 32.3 Å². The molecule has 2 aliphatic heterocycles. The number of hydrogen-bond donors (Lipinski definition) is 1. The van der Waals surface area contributed by atoms with E-state index in [1.165, 1.54) is 4.90 Å². The number of carbonyl (C=O) groups excluding carboxylic acids is 1. The van der Waals surface area contributed by atoms with E-state index in [4.69, 9.17) is 0 Å². The molecule has 1 unspecified atom stereocenters. The fraction of sp³-hybridized carbons (Fsp3) is 0.917. The Bertz CT molecular complexity index is 300. The van der Waals surface area contributed by atoms with E-state index in [-0.39, 0.29) is 24.8 Å². The Kier molecular flexibility index (Phi) is 4.14. The predicted octanol–water partition coefficient (Wildman–Crippen LogP) is 1.79. The van der Waals surface area contributed by atoms with Gasteiger partial charge in [0.15, 0.2) is 0 Å². The molecule has 0 radical (unpaired) electrons. The highest BCUT2D eigenvalue weighted by atomic mass is 19.4. The molecule has 0 aliphatic carbocycles. The maximum absolute atomic E-state index is 12.7. The van der Waals surface area contributed by atoms with Gasteiger partial charge in [-0.05, 0) is 32.2 Å². The summed E-state index contributed by atoms with van der Waals surface area (Å²) < 4.78 is 38.0. The average Bonchev–Trinajstić information content (AvgIpc) is 2.38. The Morgan fingerprint density at radius 1 is 1.22 bits per heavy atom. The van der Waals surface area contributed by atoms with Crippen molar-refractivity contribution in [3.8, 4) is 0 Å². The van der Waals surface area contributed by atoms with Crippen LogP contribution in [0.2, 0.25) is 0 Å². The van der Waals surface area contributed by atoms with Crippen LogP contribution in [-0.2, 0) is 4.79 Å². The smallest absolute Gasteiger partial charge is 0.342 e. The Labute approximate surface area is 105 Å². The molecular weight excluding hydrogens is 245 g/mol. The summed E-state index contributed by atoms with van der Waals surface area (Å²) in [5.74, 6) is -1.58. The van der Waals surface area contributed by atoms with Crippen LogP contribution in [0, 0.1) is 11.8 Å². The highest BCUT2D eigenvalue weighted by molar-refractivity contribution is 5.79. The van der Waals surface area contributed by atoms with Gasteiger partial charge < -0.3 is 10.2 Å². The van der Waals surface area contributed by atoms with Crippen LogP contribution in [0.1, 0.15) is 25.7 Å². The van der Waals surface area contributed by atoms with Crippen molar-refractivity contribution in [3.63, 3.8) is 0 Å². The van der Waals surface area contributed by atoms with Gasteiger partial charge in [-0.3, -0.25) is 4.79 Å². The van der Waals surface area contributed by atoms with Gasteiger partial charge in [0.25, 0.3) is 0 Å². The van der Waals surface area contributed by atoms with Crippen molar-refractivity contribution in [3.05, 3.63) is 0 Å². The molecule has 2 atom stereocenters. The van der Waals surface area contributed by atoms with Gasteiger partial charge in [0.05, 0.1) is 11.8 Å². The highest BCUT2D eigenvalue weighted by Crippen LogP contribution is 2.33. The summed E-state index contributed by atoms with van der Waals surface area (Å²) in [6.45, 7) is 1.82. The van der Waals surface area contributed by atoms with E-state index in [9.17, 15) is 18.0 Å². The number of rotatable bonds is 1. The van der Waals surface area contributed by atoms with Gasteiger partial charge in [0.2, 0.25) is 5.91 Å². The summed E-state index contributed by atoms with van der Waals surface area (Å²) in [6, 6.07) is 0.